The lowest BCUT2D eigenvalue weighted by atomic mass is 10.2. The Bertz CT molecular complexity index is 554. The van der Waals surface area contributed by atoms with Gasteiger partial charge in [0.05, 0.1) is 5.52 Å². The molecule has 2 aromatic rings. The molecule has 1 aromatic heterocycles. The predicted molar refractivity (Wildman–Crippen MR) is 64.3 cm³/mol. The standard InChI is InChI=1S/C12H13N3O/c1-3-4-11(16)13-12-9-7-8(2)5-6-10(9)14-15-12/h3-7H,1-2H3,(H2,13,14,15,16)/b4-3+. The van der Waals surface area contributed by atoms with Crippen molar-refractivity contribution in [2.45, 2.75) is 13.8 Å². The van der Waals surface area contributed by atoms with Crippen LogP contribution in [0.15, 0.2) is 30.4 Å². The minimum atomic E-state index is -0.169. The molecule has 0 spiro atoms. The lowest BCUT2D eigenvalue weighted by molar-refractivity contribution is -0.111. The molecule has 0 aliphatic heterocycles. The summed E-state index contributed by atoms with van der Waals surface area (Å²) in [7, 11) is 0. The van der Waals surface area contributed by atoms with E-state index in [-0.39, 0.29) is 5.91 Å². The summed E-state index contributed by atoms with van der Waals surface area (Å²) in [5, 5.41) is 10.6. The third-order valence-corrected chi connectivity index (χ3v) is 2.28. The molecular formula is C12H13N3O. The van der Waals surface area contributed by atoms with Gasteiger partial charge in [0, 0.05) is 5.39 Å². The number of amides is 1. The number of allylic oxidation sites excluding steroid dienone is 1. The number of aryl methyl sites for hydroxylation is 1. The van der Waals surface area contributed by atoms with E-state index in [1.54, 1.807) is 13.0 Å². The van der Waals surface area contributed by atoms with Crippen LogP contribution in [0.25, 0.3) is 10.9 Å². The number of fused-ring (bicyclic) bond motifs is 1. The Hall–Kier alpha value is -2.10. The van der Waals surface area contributed by atoms with Crippen LogP contribution in [0, 0.1) is 6.92 Å². The fourth-order valence-corrected chi connectivity index (χ4v) is 1.53. The quantitative estimate of drug-likeness (QED) is 0.756. The lowest BCUT2D eigenvalue weighted by Gasteiger charge is -1.98. The molecule has 0 unspecified atom stereocenters. The summed E-state index contributed by atoms with van der Waals surface area (Å²) in [6.45, 7) is 3.80. The smallest absolute Gasteiger partial charge is 0.249 e. The fourth-order valence-electron chi connectivity index (χ4n) is 1.53. The first-order chi connectivity index (χ1) is 7.70. The summed E-state index contributed by atoms with van der Waals surface area (Å²) in [4.78, 5) is 11.4. The molecule has 0 bridgehead atoms. The van der Waals surface area contributed by atoms with Crippen LogP contribution in [0.2, 0.25) is 0 Å². The van der Waals surface area contributed by atoms with Crippen LogP contribution < -0.4 is 5.32 Å². The largest absolute Gasteiger partial charge is 0.305 e. The molecule has 82 valence electrons. The monoisotopic (exact) mass is 215 g/mol. The van der Waals surface area contributed by atoms with Crippen molar-refractivity contribution in [1.82, 2.24) is 10.2 Å². The number of aromatic amines is 1. The van der Waals surface area contributed by atoms with E-state index >= 15 is 0 Å². The average Bonchev–Trinajstić information content (AvgIpc) is 2.61. The van der Waals surface area contributed by atoms with Crippen molar-refractivity contribution in [2.75, 3.05) is 5.32 Å². The first-order valence-corrected chi connectivity index (χ1v) is 5.09. The van der Waals surface area contributed by atoms with E-state index < -0.39 is 0 Å². The minimum Gasteiger partial charge on any atom is -0.305 e. The lowest BCUT2D eigenvalue weighted by Crippen LogP contribution is -2.08. The summed E-state index contributed by atoms with van der Waals surface area (Å²) < 4.78 is 0. The number of carbonyl (C=O) groups is 1. The summed E-state index contributed by atoms with van der Waals surface area (Å²) >= 11 is 0. The van der Waals surface area contributed by atoms with E-state index in [2.05, 4.69) is 15.5 Å². The van der Waals surface area contributed by atoms with Gasteiger partial charge in [-0.3, -0.25) is 9.89 Å². The maximum Gasteiger partial charge on any atom is 0.249 e. The second-order valence-electron chi connectivity index (χ2n) is 3.61. The van der Waals surface area contributed by atoms with Gasteiger partial charge in [0.2, 0.25) is 5.91 Å². The van der Waals surface area contributed by atoms with E-state index in [4.69, 9.17) is 0 Å². The van der Waals surface area contributed by atoms with Gasteiger partial charge in [-0.05, 0) is 32.1 Å². The van der Waals surface area contributed by atoms with Crippen molar-refractivity contribution in [1.29, 1.82) is 0 Å². The zero-order chi connectivity index (χ0) is 11.5. The number of nitrogens with zero attached hydrogens (tertiary/aromatic N) is 1. The van der Waals surface area contributed by atoms with Crippen LogP contribution in [0.3, 0.4) is 0 Å². The fraction of sp³-hybridized carbons (Fsp3) is 0.167. The van der Waals surface area contributed by atoms with Gasteiger partial charge in [-0.2, -0.15) is 5.10 Å². The Labute approximate surface area is 93.4 Å². The Morgan fingerprint density at radius 3 is 3.06 bits per heavy atom. The van der Waals surface area contributed by atoms with Crippen LogP contribution >= 0.6 is 0 Å². The third-order valence-electron chi connectivity index (χ3n) is 2.28. The van der Waals surface area contributed by atoms with Gasteiger partial charge in [0.25, 0.3) is 0 Å². The highest BCUT2D eigenvalue weighted by Gasteiger charge is 2.07. The first-order valence-electron chi connectivity index (χ1n) is 5.09. The second kappa shape index (κ2) is 4.18. The number of aromatic nitrogens is 2. The van der Waals surface area contributed by atoms with E-state index in [9.17, 15) is 4.79 Å². The van der Waals surface area contributed by atoms with E-state index in [1.165, 1.54) is 6.08 Å². The Balaban J connectivity index is 2.37. The van der Waals surface area contributed by atoms with Gasteiger partial charge >= 0.3 is 0 Å². The molecule has 2 N–H and O–H groups in total. The van der Waals surface area contributed by atoms with Crippen LogP contribution in [0.1, 0.15) is 12.5 Å². The maximum absolute atomic E-state index is 11.4. The Kier molecular flexibility index (Phi) is 2.72. The second-order valence-corrected chi connectivity index (χ2v) is 3.61. The highest BCUT2D eigenvalue weighted by Crippen LogP contribution is 2.21. The summed E-state index contributed by atoms with van der Waals surface area (Å²) in [6.07, 6.45) is 3.16. The normalized spacial score (nSPS) is 11.1. The third kappa shape index (κ3) is 1.95. The molecular weight excluding hydrogens is 202 g/mol. The Morgan fingerprint density at radius 1 is 1.50 bits per heavy atom. The molecule has 0 saturated carbocycles. The first kappa shape index (κ1) is 10.4. The maximum atomic E-state index is 11.4. The highest BCUT2D eigenvalue weighted by atomic mass is 16.1. The van der Waals surface area contributed by atoms with Crippen molar-refractivity contribution in [3.8, 4) is 0 Å². The molecule has 4 nitrogen and oxygen atoms in total. The van der Waals surface area contributed by atoms with E-state index in [1.807, 2.05) is 25.1 Å². The molecule has 2 rings (SSSR count). The highest BCUT2D eigenvalue weighted by molar-refractivity contribution is 6.04. The number of benzene rings is 1. The van der Waals surface area contributed by atoms with Gasteiger partial charge in [0.1, 0.15) is 0 Å². The molecule has 0 radical (unpaired) electrons. The van der Waals surface area contributed by atoms with Gasteiger partial charge in [-0.1, -0.05) is 17.7 Å². The van der Waals surface area contributed by atoms with Crippen molar-refractivity contribution >= 4 is 22.6 Å². The molecule has 1 amide bonds. The number of hydrogen-bond acceptors (Lipinski definition) is 2. The number of anilines is 1. The number of nitrogens with one attached hydrogen (secondary N) is 2. The summed E-state index contributed by atoms with van der Waals surface area (Å²) in [5.74, 6) is 0.402. The molecule has 0 saturated heterocycles. The van der Waals surface area contributed by atoms with Crippen molar-refractivity contribution in [2.24, 2.45) is 0 Å². The van der Waals surface area contributed by atoms with Gasteiger partial charge in [0.15, 0.2) is 5.82 Å². The molecule has 4 heteroatoms. The molecule has 16 heavy (non-hydrogen) atoms. The average molecular weight is 215 g/mol. The number of carbonyl (C=O) groups excluding carboxylic acids is 1. The topological polar surface area (TPSA) is 57.8 Å². The summed E-state index contributed by atoms with van der Waals surface area (Å²) in [6, 6.07) is 5.94. The molecule has 1 heterocycles. The van der Waals surface area contributed by atoms with Crippen molar-refractivity contribution in [3.05, 3.63) is 35.9 Å². The SMILES string of the molecule is C/C=C/C(=O)Nc1n[nH]c2ccc(C)cc12. The Morgan fingerprint density at radius 2 is 2.31 bits per heavy atom. The van der Waals surface area contributed by atoms with Crippen LogP contribution in [-0.4, -0.2) is 16.1 Å². The van der Waals surface area contributed by atoms with Crippen molar-refractivity contribution < 1.29 is 4.79 Å². The summed E-state index contributed by atoms with van der Waals surface area (Å²) in [5.41, 5.74) is 2.05. The molecule has 1 aromatic carbocycles. The predicted octanol–water partition coefficient (Wildman–Crippen LogP) is 2.39. The number of hydrogen-bond donors (Lipinski definition) is 2. The van der Waals surface area contributed by atoms with Crippen LogP contribution in [0.5, 0.6) is 0 Å². The van der Waals surface area contributed by atoms with E-state index in [0.717, 1.165) is 16.5 Å². The van der Waals surface area contributed by atoms with Crippen LogP contribution in [0.4, 0.5) is 5.82 Å². The number of rotatable bonds is 2. The minimum absolute atomic E-state index is 0.169. The molecule has 0 fully saturated rings. The van der Waals surface area contributed by atoms with Crippen molar-refractivity contribution in [3.63, 3.8) is 0 Å². The molecule has 0 aliphatic carbocycles. The van der Waals surface area contributed by atoms with Gasteiger partial charge in [-0.25, -0.2) is 0 Å². The molecule has 0 atom stereocenters. The van der Waals surface area contributed by atoms with E-state index in [0.29, 0.717) is 5.82 Å². The number of H-pyrrole nitrogens is 1. The van der Waals surface area contributed by atoms with Gasteiger partial charge in [-0.15, -0.1) is 0 Å². The zero-order valence-electron chi connectivity index (χ0n) is 9.24. The van der Waals surface area contributed by atoms with Crippen LogP contribution in [-0.2, 0) is 4.79 Å². The van der Waals surface area contributed by atoms with Gasteiger partial charge < -0.3 is 5.32 Å². The molecule has 0 aliphatic rings. The zero-order valence-corrected chi connectivity index (χ0v) is 9.24.